The zero-order chi connectivity index (χ0) is 11.6. The Hall–Kier alpha value is -0.590. The number of nitrogens with zero attached hydrogens (tertiary/aromatic N) is 1. The van der Waals surface area contributed by atoms with Crippen molar-refractivity contribution in [2.24, 2.45) is 0 Å². The average Bonchev–Trinajstić information content (AvgIpc) is 2.26. The van der Waals surface area contributed by atoms with Gasteiger partial charge in [-0.05, 0) is 26.3 Å². The molecular formula is C12H24N2O. The smallest absolute Gasteiger partial charge is 0.106 e. The quantitative estimate of drug-likeness (QED) is 0.597. The molecule has 0 saturated heterocycles. The molecule has 0 aromatic carbocycles. The van der Waals surface area contributed by atoms with Crippen LogP contribution in [0.1, 0.15) is 46.5 Å². The van der Waals surface area contributed by atoms with Crippen LogP contribution in [0.2, 0.25) is 0 Å². The molecule has 0 saturated carbocycles. The molecule has 1 unspecified atom stereocenters. The van der Waals surface area contributed by atoms with Gasteiger partial charge in [-0.1, -0.05) is 20.3 Å². The van der Waals surface area contributed by atoms with Crippen molar-refractivity contribution in [3.05, 3.63) is 0 Å². The molecule has 0 heterocycles. The standard InChI is InChI=1S/C12H24N2O/c1-4-6-9-15-10-7-12(3,11-13)14-8-5-2/h14H,4-10H2,1-3H3. The molecule has 3 heteroatoms. The highest BCUT2D eigenvalue weighted by Crippen LogP contribution is 2.08. The Labute approximate surface area is 93.8 Å². The molecule has 88 valence electrons. The van der Waals surface area contributed by atoms with Crippen molar-refractivity contribution in [2.75, 3.05) is 19.8 Å². The summed E-state index contributed by atoms with van der Waals surface area (Å²) in [6.45, 7) is 8.55. The van der Waals surface area contributed by atoms with Crippen LogP contribution in [0.3, 0.4) is 0 Å². The number of nitrogens with one attached hydrogen (secondary N) is 1. The van der Waals surface area contributed by atoms with Crippen LogP contribution in [0.5, 0.6) is 0 Å². The lowest BCUT2D eigenvalue weighted by Gasteiger charge is -2.22. The van der Waals surface area contributed by atoms with Crippen molar-refractivity contribution >= 4 is 0 Å². The molecule has 1 atom stereocenters. The predicted octanol–water partition coefficient (Wildman–Crippen LogP) is 2.48. The molecule has 15 heavy (non-hydrogen) atoms. The first-order valence-corrected chi connectivity index (χ1v) is 5.92. The van der Waals surface area contributed by atoms with Gasteiger partial charge in [0.25, 0.3) is 0 Å². The van der Waals surface area contributed by atoms with Gasteiger partial charge < -0.3 is 4.74 Å². The van der Waals surface area contributed by atoms with Crippen LogP contribution >= 0.6 is 0 Å². The minimum Gasteiger partial charge on any atom is -0.381 e. The van der Waals surface area contributed by atoms with Crippen LogP contribution in [0, 0.1) is 11.3 Å². The van der Waals surface area contributed by atoms with Crippen LogP contribution in [0.4, 0.5) is 0 Å². The fourth-order valence-corrected chi connectivity index (χ4v) is 1.21. The summed E-state index contributed by atoms with van der Waals surface area (Å²) in [5.74, 6) is 0. The summed E-state index contributed by atoms with van der Waals surface area (Å²) < 4.78 is 5.46. The third-order valence-electron chi connectivity index (χ3n) is 2.40. The van der Waals surface area contributed by atoms with E-state index in [1.54, 1.807) is 0 Å². The summed E-state index contributed by atoms with van der Waals surface area (Å²) in [4.78, 5) is 0. The Balaban J connectivity index is 3.64. The van der Waals surface area contributed by atoms with Crippen molar-refractivity contribution in [3.63, 3.8) is 0 Å². The SMILES string of the molecule is CCCCOCCC(C)(C#N)NCCC. The van der Waals surface area contributed by atoms with Gasteiger partial charge in [0.1, 0.15) is 5.54 Å². The first-order valence-electron chi connectivity index (χ1n) is 5.92. The molecule has 0 aliphatic carbocycles. The summed E-state index contributed by atoms with van der Waals surface area (Å²) in [6, 6.07) is 2.31. The third kappa shape index (κ3) is 7.35. The zero-order valence-electron chi connectivity index (χ0n) is 10.3. The fourth-order valence-electron chi connectivity index (χ4n) is 1.21. The van der Waals surface area contributed by atoms with Crippen LogP contribution in [-0.2, 0) is 4.74 Å². The van der Waals surface area contributed by atoms with Crippen molar-refractivity contribution in [3.8, 4) is 6.07 Å². The molecule has 0 rings (SSSR count). The second-order valence-electron chi connectivity index (χ2n) is 4.09. The van der Waals surface area contributed by atoms with Crippen LogP contribution in [0.15, 0.2) is 0 Å². The summed E-state index contributed by atoms with van der Waals surface area (Å²) in [5, 5.41) is 12.3. The molecule has 0 aliphatic heterocycles. The van der Waals surface area contributed by atoms with E-state index in [1.165, 1.54) is 0 Å². The van der Waals surface area contributed by atoms with E-state index in [4.69, 9.17) is 10.00 Å². The normalized spacial score (nSPS) is 14.5. The Morgan fingerprint density at radius 1 is 1.27 bits per heavy atom. The first kappa shape index (κ1) is 14.4. The first-order chi connectivity index (χ1) is 7.18. The number of hydrogen-bond donors (Lipinski definition) is 1. The van der Waals surface area contributed by atoms with E-state index in [-0.39, 0.29) is 0 Å². The lowest BCUT2D eigenvalue weighted by molar-refractivity contribution is 0.116. The monoisotopic (exact) mass is 212 g/mol. The number of hydrogen-bond acceptors (Lipinski definition) is 3. The number of nitriles is 1. The van der Waals surface area contributed by atoms with Crippen LogP contribution < -0.4 is 5.32 Å². The van der Waals surface area contributed by atoms with Crippen molar-refractivity contribution in [1.82, 2.24) is 5.32 Å². The lowest BCUT2D eigenvalue weighted by atomic mass is 10.0. The van der Waals surface area contributed by atoms with Gasteiger partial charge in [0, 0.05) is 19.6 Å². The number of unbranched alkanes of at least 4 members (excludes halogenated alkanes) is 1. The van der Waals surface area contributed by atoms with Gasteiger partial charge in [0.15, 0.2) is 0 Å². The van der Waals surface area contributed by atoms with E-state index in [2.05, 4.69) is 25.2 Å². The molecule has 0 bridgehead atoms. The van der Waals surface area contributed by atoms with Gasteiger partial charge in [-0.15, -0.1) is 0 Å². The van der Waals surface area contributed by atoms with Crippen molar-refractivity contribution in [1.29, 1.82) is 5.26 Å². The molecule has 3 nitrogen and oxygen atoms in total. The van der Waals surface area contributed by atoms with Crippen LogP contribution in [-0.4, -0.2) is 25.3 Å². The number of rotatable bonds is 9. The second kappa shape index (κ2) is 8.70. The lowest BCUT2D eigenvalue weighted by Crippen LogP contribution is -2.42. The minimum absolute atomic E-state index is 0.428. The molecule has 0 radical (unpaired) electrons. The highest BCUT2D eigenvalue weighted by molar-refractivity contribution is 5.03. The Bertz CT molecular complexity index is 189. The van der Waals surface area contributed by atoms with E-state index in [1.807, 2.05) is 6.92 Å². The highest BCUT2D eigenvalue weighted by atomic mass is 16.5. The van der Waals surface area contributed by atoms with E-state index in [9.17, 15) is 0 Å². The summed E-state index contributed by atoms with van der Waals surface area (Å²) in [6.07, 6.45) is 4.07. The molecule has 0 amide bonds. The average molecular weight is 212 g/mol. The van der Waals surface area contributed by atoms with Crippen molar-refractivity contribution in [2.45, 2.75) is 52.0 Å². The molecule has 1 N–H and O–H groups in total. The maximum Gasteiger partial charge on any atom is 0.106 e. The van der Waals surface area contributed by atoms with Crippen molar-refractivity contribution < 1.29 is 4.74 Å². The van der Waals surface area contributed by atoms with Gasteiger partial charge in [-0.25, -0.2) is 0 Å². The largest absolute Gasteiger partial charge is 0.381 e. The van der Waals surface area contributed by atoms with Crippen LogP contribution in [0.25, 0.3) is 0 Å². The third-order valence-corrected chi connectivity index (χ3v) is 2.40. The molecule has 0 fully saturated rings. The molecule has 0 spiro atoms. The van der Waals surface area contributed by atoms with E-state index >= 15 is 0 Å². The van der Waals surface area contributed by atoms with Gasteiger partial charge >= 0.3 is 0 Å². The summed E-state index contributed by atoms with van der Waals surface area (Å²) in [7, 11) is 0. The Morgan fingerprint density at radius 2 is 2.00 bits per heavy atom. The van der Waals surface area contributed by atoms with Gasteiger partial charge in [-0.2, -0.15) is 5.26 Å². The maximum absolute atomic E-state index is 9.05. The predicted molar refractivity (Wildman–Crippen MR) is 62.7 cm³/mol. The van der Waals surface area contributed by atoms with Gasteiger partial charge in [0.05, 0.1) is 6.07 Å². The zero-order valence-corrected chi connectivity index (χ0v) is 10.3. The summed E-state index contributed by atoms with van der Waals surface area (Å²) >= 11 is 0. The Kier molecular flexibility index (Phi) is 8.35. The summed E-state index contributed by atoms with van der Waals surface area (Å²) in [5.41, 5.74) is -0.428. The molecular weight excluding hydrogens is 188 g/mol. The molecule has 0 aromatic rings. The van der Waals surface area contributed by atoms with Gasteiger partial charge in [-0.3, -0.25) is 5.32 Å². The maximum atomic E-state index is 9.05. The van der Waals surface area contributed by atoms with E-state index in [0.717, 1.165) is 38.8 Å². The number of ether oxygens (including phenoxy) is 1. The topological polar surface area (TPSA) is 45.0 Å². The van der Waals surface area contributed by atoms with Gasteiger partial charge in [0.2, 0.25) is 0 Å². The van der Waals surface area contributed by atoms with E-state index in [0.29, 0.717) is 6.61 Å². The fraction of sp³-hybridized carbons (Fsp3) is 0.917. The molecule has 0 aliphatic rings. The minimum atomic E-state index is -0.428. The van der Waals surface area contributed by atoms with E-state index < -0.39 is 5.54 Å². The Morgan fingerprint density at radius 3 is 2.53 bits per heavy atom. The highest BCUT2D eigenvalue weighted by Gasteiger charge is 2.21. The molecule has 0 aromatic heterocycles. The second-order valence-corrected chi connectivity index (χ2v) is 4.09.